The van der Waals surface area contributed by atoms with Crippen LogP contribution in [0.4, 0.5) is 0 Å². The SMILES string of the molecule is C.COc1cc(C=CC(=O)CC(=O)C=Cc2ccc(O)cc2)ccc1O. The Morgan fingerprint density at radius 1 is 0.923 bits per heavy atom. The Morgan fingerprint density at radius 3 is 2.04 bits per heavy atom. The molecule has 0 radical (unpaired) electrons. The summed E-state index contributed by atoms with van der Waals surface area (Å²) in [5.41, 5.74) is 1.43. The van der Waals surface area contributed by atoms with E-state index in [0.29, 0.717) is 11.3 Å². The highest BCUT2D eigenvalue weighted by Gasteiger charge is 2.05. The normalized spacial score (nSPS) is 10.7. The number of hydrogen-bond acceptors (Lipinski definition) is 5. The van der Waals surface area contributed by atoms with E-state index in [4.69, 9.17) is 4.74 Å². The van der Waals surface area contributed by atoms with Gasteiger partial charge in [-0.05, 0) is 47.5 Å². The highest BCUT2D eigenvalue weighted by molar-refractivity contribution is 6.10. The summed E-state index contributed by atoms with van der Waals surface area (Å²) >= 11 is 0. The Kier molecular flexibility index (Phi) is 7.83. The smallest absolute Gasteiger partial charge is 0.163 e. The molecule has 0 aromatic heterocycles. The van der Waals surface area contributed by atoms with E-state index in [1.54, 1.807) is 36.4 Å². The molecular formula is C21H22O5. The number of carbonyl (C=O) groups excluding carboxylic acids is 2. The highest BCUT2D eigenvalue weighted by Crippen LogP contribution is 2.26. The second-order valence-corrected chi connectivity index (χ2v) is 5.30. The predicted octanol–water partition coefficient (Wildman–Crippen LogP) is 4.00. The summed E-state index contributed by atoms with van der Waals surface area (Å²) in [6, 6.07) is 11.1. The van der Waals surface area contributed by atoms with E-state index in [1.165, 1.54) is 37.5 Å². The lowest BCUT2D eigenvalue weighted by atomic mass is 10.1. The number of phenolic OH excluding ortho intramolecular Hbond substituents is 2. The number of hydrogen-bond donors (Lipinski definition) is 2. The number of aromatic hydroxyl groups is 2. The van der Waals surface area contributed by atoms with Gasteiger partial charge in [-0.2, -0.15) is 0 Å². The number of allylic oxidation sites excluding steroid dienone is 2. The summed E-state index contributed by atoms with van der Waals surface area (Å²) in [5, 5.41) is 18.7. The lowest BCUT2D eigenvalue weighted by Crippen LogP contribution is -2.01. The molecule has 0 aliphatic carbocycles. The molecule has 2 rings (SSSR count). The highest BCUT2D eigenvalue weighted by atomic mass is 16.5. The van der Waals surface area contributed by atoms with Crippen molar-refractivity contribution in [3.8, 4) is 17.2 Å². The van der Waals surface area contributed by atoms with Crippen LogP contribution in [0, 0.1) is 0 Å². The zero-order valence-corrected chi connectivity index (χ0v) is 13.7. The number of rotatable bonds is 7. The zero-order chi connectivity index (χ0) is 18.2. The summed E-state index contributed by atoms with van der Waals surface area (Å²) in [6.07, 6.45) is 5.56. The van der Waals surface area contributed by atoms with Crippen LogP contribution in [0.15, 0.2) is 54.6 Å². The fourth-order valence-electron chi connectivity index (χ4n) is 2.05. The monoisotopic (exact) mass is 354 g/mol. The van der Waals surface area contributed by atoms with Crippen LogP contribution in [-0.4, -0.2) is 28.9 Å². The van der Waals surface area contributed by atoms with E-state index < -0.39 is 0 Å². The van der Waals surface area contributed by atoms with Crippen molar-refractivity contribution in [1.29, 1.82) is 0 Å². The maximum absolute atomic E-state index is 11.8. The van der Waals surface area contributed by atoms with Gasteiger partial charge in [-0.3, -0.25) is 9.59 Å². The Labute approximate surface area is 152 Å². The summed E-state index contributed by atoms with van der Waals surface area (Å²) < 4.78 is 4.99. The van der Waals surface area contributed by atoms with Gasteiger partial charge in [0.1, 0.15) is 5.75 Å². The van der Waals surface area contributed by atoms with Gasteiger partial charge < -0.3 is 14.9 Å². The van der Waals surface area contributed by atoms with Crippen molar-refractivity contribution >= 4 is 23.7 Å². The van der Waals surface area contributed by atoms with Gasteiger partial charge in [-0.25, -0.2) is 0 Å². The topological polar surface area (TPSA) is 83.8 Å². The molecule has 0 heterocycles. The van der Waals surface area contributed by atoms with Crippen molar-refractivity contribution in [2.75, 3.05) is 7.11 Å². The lowest BCUT2D eigenvalue weighted by molar-refractivity contribution is -0.121. The summed E-state index contributed by atoms with van der Waals surface area (Å²) in [6.45, 7) is 0. The number of carbonyl (C=O) groups is 2. The molecule has 2 N–H and O–H groups in total. The third kappa shape index (κ3) is 6.28. The average Bonchev–Trinajstić information content (AvgIpc) is 2.60. The molecule has 0 bridgehead atoms. The minimum atomic E-state index is -0.326. The summed E-state index contributed by atoms with van der Waals surface area (Å²) in [5.74, 6) is -0.170. The fraction of sp³-hybridized carbons (Fsp3) is 0.143. The van der Waals surface area contributed by atoms with Crippen LogP contribution in [0.2, 0.25) is 0 Å². The number of methoxy groups -OCH3 is 1. The zero-order valence-electron chi connectivity index (χ0n) is 13.7. The first-order valence-corrected chi connectivity index (χ1v) is 7.56. The quantitative estimate of drug-likeness (QED) is 0.580. The Bertz CT molecular complexity index is 817. The van der Waals surface area contributed by atoms with Gasteiger partial charge in [0.2, 0.25) is 0 Å². The van der Waals surface area contributed by atoms with Crippen LogP contribution in [0.1, 0.15) is 25.0 Å². The van der Waals surface area contributed by atoms with Crippen LogP contribution in [0.25, 0.3) is 12.2 Å². The Morgan fingerprint density at radius 2 is 1.46 bits per heavy atom. The van der Waals surface area contributed by atoms with Gasteiger partial charge in [-0.1, -0.05) is 37.8 Å². The van der Waals surface area contributed by atoms with Crippen LogP contribution in [0.5, 0.6) is 17.2 Å². The molecule has 0 saturated heterocycles. The van der Waals surface area contributed by atoms with E-state index in [1.807, 2.05) is 0 Å². The second kappa shape index (κ2) is 9.84. The molecule has 0 saturated carbocycles. The fourth-order valence-corrected chi connectivity index (χ4v) is 2.05. The van der Waals surface area contributed by atoms with E-state index in [0.717, 1.165) is 5.56 Å². The molecule has 0 atom stereocenters. The van der Waals surface area contributed by atoms with Crippen molar-refractivity contribution < 1.29 is 24.5 Å². The van der Waals surface area contributed by atoms with Gasteiger partial charge in [-0.15, -0.1) is 0 Å². The van der Waals surface area contributed by atoms with Crippen LogP contribution in [-0.2, 0) is 9.59 Å². The average molecular weight is 354 g/mol. The van der Waals surface area contributed by atoms with Crippen LogP contribution in [0.3, 0.4) is 0 Å². The third-order valence-electron chi connectivity index (χ3n) is 3.37. The molecule has 2 aromatic rings. The van der Waals surface area contributed by atoms with Crippen molar-refractivity contribution in [1.82, 2.24) is 0 Å². The Balaban J connectivity index is 0.00000338. The summed E-state index contributed by atoms with van der Waals surface area (Å²) in [7, 11) is 1.44. The third-order valence-corrected chi connectivity index (χ3v) is 3.37. The maximum Gasteiger partial charge on any atom is 0.163 e. The van der Waals surface area contributed by atoms with E-state index in [9.17, 15) is 19.8 Å². The van der Waals surface area contributed by atoms with Gasteiger partial charge in [0.25, 0.3) is 0 Å². The molecule has 0 unspecified atom stereocenters. The molecule has 0 amide bonds. The standard InChI is InChI=1S/C20H18O5.CH4/c1-25-20-12-15(6-11-19(20)24)5-10-18(23)13-17(22)9-4-14-2-7-16(21)8-3-14;/h2-12,21,24H,13H2,1H3;1H4. The molecule has 5 heteroatoms. The van der Waals surface area contributed by atoms with Crippen molar-refractivity contribution in [3.63, 3.8) is 0 Å². The number of ether oxygens (including phenoxy) is 1. The van der Waals surface area contributed by atoms with Crippen molar-refractivity contribution in [2.24, 2.45) is 0 Å². The maximum atomic E-state index is 11.8. The molecule has 0 fully saturated rings. The van der Waals surface area contributed by atoms with Gasteiger partial charge in [0.15, 0.2) is 23.1 Å². The first-order valence-electron chi connectivity index (χ1n) is 7.56. The molecular weight excluding hydrogens is 332 g/mol. The molecule has 0 aliphatic heterocycles. The molecule has 0 spiro atoms. The summed E-state index contributed by atoms with van der Waals surface area (Å²) in [4.78, 5) is 23.7. The Hall–Kier alpha value is -3.34. The van der Waals surface area contributed by atoms with Gasteiger partial charge in [0, 0.05) is 0 Å². The molecule has 5 nitrogen and oxygen atoms in total. The van der Waals surface area contributed by atoms with Crippen LogP contribution < -0.4 is 4.74 Å². The number of phenols is 2. The predicted molar refractivity (Wildman–Crippen MR) is 102 cm³/mol. The first kappa shape index (κ1) is 20.7. The minimum Gasteiger partial charge on any atom is -0.508 e. The molecule has 0 aliphatic rings. The number of ketones is 2. The van der Waals surface area contributed by atoms with Crippen molar-refractivity contribution in [2.45, 2.75) is 13.8 Å². The first-order chi connectivity index (χ1) is 12.0. The molecule has 136 valence electrons. The van der Waals surface area contributed by atoms with Crippen LogP contribution >= 0.6 is 0 Å². The van der Waals surface area contributed by atoms with Gasteiger partial charge in [0.05, 0.1) is 13.5 Å². The minimum absolute atomic E-state index is 0. The number of benzene rings is 2. The second-order valence-electron chi connectivity index (χ2n) is 5.30. The van der Waals surface area contributed by atoms with E-state index in [-0.39, 0.29) is 36.9 Å². The lowest BCUT2D eigenvalue weighted by Gasteiger charge is -2.03. The van der Waals surface area contributed by atoms with E-state index >= 15 is 0 Å². The van der Waals surface area contributed by atoms with E-state index in [2.05, 4.69) is 0 Å². The largest absolute Gasteiger partial charge is 0.508 e. The van der Waals surface area contributed by atoms with Gasteiger partial charge >= 0.3 is 0 Å². The molecule has 2 aromatic carbocycles. The van der Waals surface area contributed by atoms with Crippen molar-refractivity contribution in [3.05, 3.63) is 65.7 Å². The molecule has 26 heavy (non-hydrogen) atoms.